The molecule has 5 heteroatoms. The van der Waals surface area contributed by atoms with Crippen LogP contribution in [0.4, 0.5) is 4.79 Å². The van der Waals surface area contributed by atoms with Crippen LogP contribution in [0.5, 0.6) is 0 Å². The Morgan fingerprint density at radius 3 is 2.53 bits per heavy atom. The monoisotopic (exact) mass is 244 g/mol. The molecule has 2 atom stereocenters. The molecule has 2 unspecified atom stereocenters. The highest BCUT2D eigenvalue weighted by molar-refractivity contribution is 5.69. The molecule has 1 fully saturated rings. The number of likely N-dealkylation sites (tertiary alicyclic amines) is 1. The van der Waals surface area contributed by atoms with Gasteiger partial charge < -0.3 is 20.5 Å². The van der Waals surface area contributed by atoms with Crippen LogP contribution < -0.4 is 5.73 Å². The fourth-order valence-electron chi connectivity index (χ4n) is 2.09. The molecule has 0 aliphatic carbocycles. The van der Waals surface area contributed by atoms with Crippen LogP contribution in [0.2, 0.25) is 0 Å². The van der Waals surface area contributed by atoms with E-state index in [9.17, 15) is 9.90 Å². The number of rotatable bonds is 2. The van der Waals surface area contributed by atoms with Crippen LogP contribution >= 0.6 is 0 Å². The summed E-state index contributed by atoms with van der Waals surface area (Å²) in [4.78, 5) is 13.6. The maximum Gasteiger partial charge on any atom is 0.410 e. The summed E-state index contributed by atoms with van der Waals surface area (Å²) in [5.41, 5.74) is 3.98. The number of carbonyl (C=O) groups excluding carboxylic acids is 1. The van der Waals surface area contributed by atoms with E-state index in [-0.39, 0.29) is 18.7 Å². The molecule has 0 aromatic heterocycles. The first-order chi connectivity index (χ1) is 7.67. The number of hydrogen-bond acceptors (Lipinski definition) is 4. The van der Waals surface area contributed by atoms with E-state index in [0.717, 1.165) is 12.8 Å². The lowest BCUT2D eigenvalue weighted by atomic mass is 9.94. The van der Waals surface area contributed by atoms with E-state index < -0.39 is 11.2 Å². The summed E-state index contributed by atoms with van der Waals surface area (Å²) in [6, 6.07) is -0.248. The van der Waals surface area contributed by atoms with Crippen LogP contribution in [0.3, 0.4) is 0 Å². The van der Waals surface area contributed by atoms with Crippen molar-refractivity contribution in [1.82, 2.24) is 4.90 Å². The largest absolute Gasteiger partial charge is 0.444 e. The summed E-state index contributed by atoms with van der Waals surface area (Å²) >= 11 is 0. The second kappa shape index (κ2) is 4.82. The number of nitrogens with zero attached hydrogens (tertiary/aromatic N) is 1. The number of aliphatic hydroxyl groups is 1. The Hall–Kier alpha value is -0.810. The predicted octanol–water partition coefficient (Wildman–Crippen LogP) is 1.10. The first-order valence-corrected chi connectivity index (χ1v) is 6.09. The maximum absolute atomic E-state index is 12.0. The highest BCUT2D eigenvalue weighted by atomic mass is 16.6. The lowest BCUT2D eigenvalue weighted by Crippen LogP contribution is -2.54. The Labute approximate surface area is 103 Å². The third-order valence-corrected chi connectivity index (χ3v) is 3.01. The van der Waals surface area contributed by atoms with E-state index >= 15 is 0 Å². The van der Waals surface area contributed by atoms with Gasteiger partial charge in [0, 0.05) is 13.1 Å². The van der Waals surface area contributed by atoms with Gasteiger partial charge in [0.15, 0.2) is 0 Å². The molecule has 3 N–H and O–H groups in total. The molecule has 0 bridgehead atoms. The smallest absolute Gasteiger partial charge is 0.410 e. The predicted molar refractivity (Wildman–Crippen MR) is 65.6 cm³/mol. The first-order valence-electron chi connectivity index (χ1n) is 6.09. The van der Waals surface area contributed by atoms with Crippen LogP contribution in [0.15, 0.2) is 0 Å². The van der Waals surface area contributed by atoms with Gasteiger partial charge in [-0.3, -0.25) is 0 Å². The second-order valence-electron chi connectivity index (χ2n) is 5.89. The fourth-order valence-corrected chi connectivity index (χ4v) is 2.09. The van der Waals surface area contributed by atoms with E-state index in [1.807, 2.05) is 20.8 Å². The van der Waals surface area contributed by atoms with Crippen molar-refractivity contribution in [2.24, 2.45) is 5.73 Å². The van der Waals surface area contributed by atoms with Crippen LogP contribution in [-0.2, 0) is 4.74 Å². The number of nitrogens with two attached hydrogens (primary N) is 1. The first kappa shape index (κ1) is 14.3. The average Bonchev–Trinajstić information content (AvgIpc) is 2.63. The molecular formula is C12H24N2O3. The fraction of sp³-hybridized carbons (Fsp3) is 0.917. The zero-order valence-corrected chi connectivity index (χ0v) is 11.2. The Balaban J connectivity index is 2.73. The number of hydrogen-bond donors (Lipinski definition) is 2. The van der Waals surface area contributed by atoms with Crippen molar-refractivity contribution < 1.29 is 14.6 Å². The third kappa shape index (κ3) is 3.57. The summed E-state index contributed by atoms with van der Waals surface area (Å²) in [7, 11) is 0. The standard InChI is InChI=1S/C12H24N2O3/c1-11(2,3)17-10(15)14-7-5-6-9(14)12(4,16)8-13/h9,16H,5-8,13H2,1-4H3. The highest BCUT2D eigenvalue weighted by Crippen LogP contribution is 2.28. The minimum Gasteiger partial charge on any atom is -0.444 e. The quantitative estimate of drug-likeness (QED) is 0.762. The van der Waals surface area contributed by atoms with Gasteiger partial charge in [0.1, 0.15) is 5.60 Å². The van der Waals surface area contributed by atoms with Crippen LogP contribution in [0.1, 0.15) is 40.5 Å². The molecule has 0 radical (unpaired) electrons. The van der Waals surface area contributed by atoms with Gasteiger partial charge in [-0.1, -0.05) is 0 Å². The van der Waals surface area contributed by atoms with Gasteiger partial charge in [0.25, 0.3) is 0 Å². The number of carbonyl (C=O) groups is 1. The van der Waals surface area contributed by atoms with Gasteiger partial charge >= 0.3 is 6.09 Å². The van der Waals surface area contributed by atoms with E-state index in [2.05, 4.69) is 0 Å². The van der Waals surface area contributed by atoms with Crippen LogP contribution in [-0.4, -0.2) is 46.4 Å². The molecule has 1 rings (SSSR count). The number of ether oxygens (including phenoxy) is 1. The van der Waals surface area contributed by atoms with Gasteiger partial charge in [-0.25, -0.2) is 4.79 Å². The van der Waals surface area contributed by atoms with Gasteiger partial charge in [0.05, 0.1) is 11.6 Å². The molecular weight excluding hydrogens is 220 g/mol. The lowest BCUT2D eigenvalue weighted by Gasteiger charge is -2.36. The van der Waals surface area contributed by atoms with E-state index in [0.29, 0.717) is 6.54 Å². The minimum absolute atomic E-state index is 0.136. The van der Waals surface area contributed by atoms with Crippen molar-refractivity contribution in [3.8, 4) is 0 Å². The minimum atomic E-state index is -1.05. The average molecular weight is 244 g/mol. The third-order valence-electron chi connectivity index (χ3n) is 3.01. The van der Waals surface area contributed by atoms with Gasteiger partial charge in [-0.15, -0.1) is 0 Å². The van der Waals surface area contributed by atoms with E-state index in [4.69, 9.17) is 10.5 Å². The van der Waals surface area contributed by atoms with Gasteiger partial charge in [0.2, 0.25) is 0 Å². The normalized spacial score (nSPS) is 24.6. The molecule has 1 amide bonds. The van der Waals surface area contributed by atoms with Gasteiger partial charge in [-0.2, -0.15) is 0 Å². The van der Waals surface area contributed by atoms with Crippen molar-refractivity contribution in [1.29, 1.82) is 0 Å². The van der Waals surface area contributed by atoms with Crippen molar-refractivity contribution in [3.63, 3.8) is 0 Å². The Kier molecular flexibility index (Phi) is 4.04. The molecule has 17 heavy (non-hydrogen) atoms. The molecule has 100 valence electrons. The highest BCUT2D eigenvalue weighted by Gasteiger charge is 2.42. The second-order valence-corrected chi connectivity index (χ2v) is 5.89. The zero-order chi connectivity index (χ0) is 13.3. The summed E-state index contributed by atoms with van der Waals surface area (Å²) in [5.74, 6) is 0. The lowest BCUT2D eigenvalue weighted by molar-refractivity contribution is -0.0286. The van der Waals surface area contributed by atoms with Gasteiger partial charge in [-0.05, 0) is 40.5 Å². The number of amides is 1. The van der Waals surface area contributed by atoms with E-state index in [1.165, 1.54) is 0 Å². The molecule has 0 saturated carbocycles. The molecule has 1 heterocycles. The Morgan fingerprint density at radius 1 is 1.47 bits per heavy atom. The Morgan fingerprint density at radius 2 is 2.06 bits per heavy atom. The van der Waals surface area contributed by atoms with Crippen LogP contribution in [0, 0.1) is 0 Å². The van der Waals surface area contributed by atoms with Crippen LogP contribution in [0.25, 0.3) is 0 Å². The van der Waals surface area contributed by atoms with Crippen molar-refractivity contribution in [2.45, 2.75) is 57.8 Å². The molecule has 1 aliphatic heterocycles. The molecule has 0 aromatic rings. The van der Waals surface area contributed by atoms with E-state index in [1.54, 1.807) is 11.8 Å². The maximum atomic E-state index is 12.0. The summed E-state index contributed by atoms with van der Waals surface area (Å²) in [6.07, 6.45) is 1.28. The topological polar surface area (TPSA) is 75.8 Å². The molecule has 0 spiro atoms. The SMILES string of the molecule is CC(C)(C)OC(=O)N1CCCC1C(C)(O)CN. The molecule has 5 nitrogen and oxygen atoms in total. The van der Waals surface area contributed by atoms with Crippen molar-refractivity contribution >= 4 is 6.09 Å². The molecule has 1 aliphatic rings. The zero-order valence-electron chi connectivity index (χ0n) is 11.2. The van der Waals surface area contributed by atoms with Crippen molar-refractivity contribution in [2.75, 3.05) is 13.1 Å². The summed E-state index contributed by atoms with van der Waals surface area (Å²) in [5, 5.41) is 10.2. The molecule has 0 aromatic carbocycles. The molecule has 1 saturated heterocycles. The summed E-state index contributed by atoms with van der Waals surface area (Å²) < 4.78 is 5.33. The van der Waals surface area contributed by atoms with Crippen molar-refractivity contribution in [3.05, 3.63) is 0 Å². The Bertz CT molecular complexity index is 284. The summed E-state index contributed by atoms with van der Waals surface area (Å²) in [6.45, 7) is 7.91.